The second-order valence-corrected chi connectivity index (χ2v) is 4.34. The minimum atomic E-state index is -0.268. The fourth-order valence-electron chi connectivity index (χ4n) is 1.56. The molecule has 2 aromatic rings. The number of likely N-dealkylation sites (N-methyl/N-ethyl adjacent to an activating group) is 1. The maximum atomic E-state index is 11.3. The van der Waals surface area contributed by atoms with Crippen molar-refractivity contribution in [3.05, 3.63) is 17.8 Å². The Kier molecular flexibility index (Phi) is 3.53. The highest BCUT2D eigenvalue weighted by molar-refractivity contribution is 7.17. The first kappa shape index (κ1) is 11.8. The summed E-state index contributed by atoms with van der Waals surface area (Å²) in [6, 6.07) is 1.94. The van der Waals surface area contributed by atoms with E-state index in [1.165, 1.54) is 13.4 Å². The summed E-state index contributed by atoms with van der Waals surface area (Å²) in [7, 11) is 1.39. The zero-order valence-electron chi connectivity index (χ0n) is 9.71. The highest BCUT2D eigenvalue weighted by Gasteiger charge is 2.15. The molecule has 2 heterocycles. The standard InChI is InChI=1S/C11H13N3O2S/c1-3-14(6-9(15)16-2)11-10-8(4-5-17-10)12-7-13-11/h4-5,7H,3,6H2,1-2H3. The van der Waals surface area contributed by atoms with Crippen LogP contribution in [0.2, 0.25) is 0 Å². The lowest BCUT2D eigenvalue weighted by atomic mass is 10.4. The lowest BCUT2D eigenvalue weighted by Crippen LogP contribution is -2.31. The first-order valence-corrected chi connectivity index (χ1v) is 6.14. The molecule has 0 amide bonds. The van der Waals surface area contributed by atoms with Crippen molar-refractivity contribution in [1.29, 1.82) is 0 Å². The summed E-state index contributed by atoms with van der Waals surface area (Å²) in [4.78, 5) is 21.6. The highest BCUT2D eigenvalue weighted by atomic mass is 32.1. The Bertz CT molecular complexity index is 526. The number of carbonyl (C=O) groups excluding carboxylic acids is 1. The van der Waals surface area contributed by atoms with E-state index in [0.29, 0.717) is 6.54 Å². The molecule has 0 radical (unpaired) electrons. The third-order valence-corrected chi connectivity index (χ3v) is 3.35. The molecule has 0 aliphatic heterocycles. The first-order valence-electron chi connectivity index (χ1n) is 5.26. The van der Waals surface area contributed by atoms with Gasteiger partial charge in [-0.1, -0.05) is 0 Å². The van der Waals surface area contributed by atoms with Crippen LogP contribution in [0.3, 0.4) is 0 Å². The highest BCUT2D eigenvalue weighted by Crippen LogP contribution is 2.27. The second-order valence-electron chi connectivity index (χ2n) is 3.42. The topological polar surface area (TPSA) is 55.3 Å². The van der Waals surface area contributed by atoms with E-state index in [1.807, 2.05) is 23.3 Å². The van der Waals surface area contributed by atoms with E-state index in [1.54, 1.807) is 11.3 Å². The van der Waals surface area contributed by atoms with E-state index in [-0.39, 0.29) is 12.5 Å². The predicted octanol–water partition coefficient (Wildman–Crippen LogP) is 1.69. The van der Waals surface area contributed by atoms with Crippen LogP contribution < -0.4 is 4.90 Å². The van der Waals surface area contributed by atoms with Gasteiger partial charge in [0, 0.05) is 6.54 Å². The molecule has 2 rings (SSSR count). The Hall–Kier alpha value is -1.69. The Morgan fingerprint density at radius 1 is 1.53 bits per heavy atom. The average molecular weight is 251 g/mol. The molecule has 0 aromatic carbocycles. The number of fused-ring (bicyclic) bond motifs is 1. The molecule has 0 aliphatic rings. The van der Waals surface area contributed by atoms with Gasteiger partial charge >= 0.3 is 5.97 Å². The van der Waals surface area contributed by atoms with Crippen LogP contribution in [0.25, 0.3) is 10.2 Å². The summed E-state index contributed by atoms with van der Waals surface area (Å²) in [6.07, 6.45) is 1.52. The van der Waals surface area contributed by atoms with Crippen LogP contribution in [0.1, 0.15) is 6.92 Å². The molecular formula is C11H13N3O2S. The van der Waals surface area contributed by atoms with E-state index in [2.05, 4.69) is 14.7 Å². The van der Waals surface area contributed by atoms with Crippen LogP contribution in [0.5, 0.6) is 0 Å². The normalized spacial score (nSPS) is 10.5. The number of aromatic nitrogens is 2. The van der Waals surface area contributed by atoms with Gasteiger partial charge in [0.15, 0.2) is 5.82 Å². The van der Waals surface area contributed by atoms with Crippen LogP contribution in [0.4, 0.5) is 5.82 Å². The summed E-state index contributed by atoms with van der Waals surface area (Å²) >= 11 is 1.57. The van der Waals surface area contributed by atoms with Gasteiger partial charge in [-0.2, -0.15) is 0 Å². The van der Waals surface area contributed by atoms with Gasteiger partial charge in [0.2, 0.25) is 0 Å². The van der Waals surface area contributed by atoms with E-state index in [0.717, 1.165) is 16.0 Å². The zero-order chi connectivity index (χ0) is 12.3. The molecule has 5 nitrogen and oxygen atoms in total. The maximum absolute atomic E-state index is 11.3. The smallest absolute Gasteiger partial charge is 0.325 e. The number of rotatable bonds is 4. The minimum Gasteiger partial charge on any atom is -0.468 e. The largest absolute Gasteiger partial charge is 0.468 e. The molecule has 0 aliphatic carbocycles. The number of anilines is 1. The Labute approximate surface area is 103 Å². The van der Waals surface area contributed by atoms with Gasteiger partial charge in [0.25, 0.3) is 0 Å². The molecule has 0 saturated heterocycles. The van der Waals surface area contributed by atoms with Gasteiger partial charge in [-0.05, 0) is 18.4 Å². The van der Waals surface area contributed by atoms with Gasteiger partial charge < -0.3 is 9.64 Å². The molecule has 0 unspecified atom stereocenters. The molecule has 0 saturated carbocycles. The molecule has 0 fully saturated rings. The van der Waals surface area contributed by atoms with Crippen LogP contribution >= 0.6 is 11.3 Å². The van der Waals surface area contributed by atoms with Crippen LogP contribution in [0, 0.1) is 0 Å². The van der Waals surface area contributed by atoms with Crippen molar-refractivity contribution in [1.82, 2.24) is 9.97 Å². The fourth-order valence-corrected chi connectivity index (χ4v) is 2.42. The Balaban J connectivity index is 2.35. The van der Waals surface area contributed by atoms with Gasteiger partial charge in [-0.3, -0.25) is 4.79 Å². The first-order chi connectivity index (χ1) is 8.26. The van der Waals surface area contributed by atoms with Crippen molar-refractivity contribution < 1.29 is 9.53 Å². The number of methoxy groups -OCH3 is 1. The zero-order valence-corrected chi connectivity index (χ0v) is 10.5. The number of esters is 1. The van der Waals surface area contributed by atoms with Crippen molar-refractivity contribution in [3.8, 4) is 0 Å². The van der Waals surface area contributed by atoms with Crippen molar-refractivity contribution >= 4 is 33.3 Å². The Morgan fingerprint density at radius 2 is 2.35 bits per heavy atom. The van der Waals surface area contributed by atoms with Gasteiger partial charge in [0.1, 0.15) is 12.9 Å². The second kappa shape index (κ2) is 5.09. The SMILES string of the molecule is CCN(CC(=O)OC)c1ncnc2ccsc12. The van der Waals surface area contributed by atoms with Crippen LogP contribution in [-0.2, 0) is 9.53 Å². The molecule has 0 N–H and O–H groups in total. The number of thiophene rings is 1. The number of hydrogen-bond acceptors (Lipinski definition) is 6. The van der Waals surface area contributed by atoms with Gasteiger partial charge in [-0.25, -0.2) is 9.97 Å². The molecule has 6 heteroatoms. The quantitative estimate of drug-likeness (QED) is 0.774. The molecule has 0 atom stereocenters. The molecule has 2 aromatic heterocycles. The summed E-state index contributed by atoms with van der Waals surface area (Å²) in [5, 5.41) is 1.97. The summed E-state index contributed by atoms with van der Waals surface area (Å²) in [5.41, 5.74) is 0.906. The lowest BCUT2D eigenvalue weighted by molar-refractivity contribution is -0.138. The summed E-state index contributed by atoms with van der Waals surface area (Å²) in [5.74, 6) is 0.521. The minimum absolute atomic E-state index is 0.205. The number of nitrogens with zero attached hydrogens (tertiary/aromatic N) is 3. The number of carbonyl (C=O) groups is 1. The summed E-state index contributed by atoms with van der Waals surface area (Å²) < 4.78 is 5.68. The molecule has 90 valence electrons. The van der Waals surface area contributed by atoms with E-state index >= 15 is 0 Å². The van der Waals surface area contributed by atoms with Crippen molar-refractivity contribution in [3.63, 3.8) is 0 Å². The number of hydrogen-bond donors (Lipinski definition) is 0. The average Bonchev–Trinajstić information content (AvgIpc) is 2.83. The Morgan fingerprint density at radius 3 is 3.06 bits per heavy atom. The third-order valence-electron chi connectivity index (χ3n) is 2.45. The molecule has 0 bridgehead atoms. The van der Waals surface area contributed by atoms with Crippen LogP contribution in [-0.4, -0.2) is 36.1 Å². The lowest BCUT2D eigenvalue weighted by Gasteiger charge is -2.20. The maximum Gasteiger partial charge on any atom is 0.325 e. The van der Waals surface area contributed by atoms with Crippen molar-refractivity contribution in [2.75, 3.05) is 25.1 Å². The number of ether oxygens (including phenoxy) is 1. The molecule has 0 spiro atoms. The van der Waals surface area contributed by atoms with Crippen molar-refractivity contribution in [2.45, 2.75) is 6.92 Å². The van der Waals surface area contributed by atoms with E-state index in [4.69, 9.17) is 0 Å². The van der Waals surface area contributed by atoms with Gasteiger partial charge in [0.05, 0.1) is 17.3 Å². The fraction of sp³-hybridized carbons (Fsp3) is 0.364. The van der Waals surface area contributed by atoms with E-state index in [9.17, 15) is 4.79 Å². The predicted molar refractivity (Wildman–Crippen MR) is 67.3 cm³/mol. The molecular weight excluding hydrogens is 238 g/mol. The van der Waals surface area contributed by atoms with Crippen LogP contribution in [0.15, 0.2) is 17.8 Å². The van der Waals surface area contributed by atoms with E-state index < -0.39 is 0 Å². The van der Waals surface area contributed by atoms with Crippen molar-refractivity contribution in [2.24, 2.45) is 0 Å². The monoisotopic (exact) mass is 251 g/mol. The third kappa shape index (κ3) is 2.36. The summed E-state index contributed by atoms with van der Waals surface area (Å²) in [6.45, 7) is 2.88. The molecule has 17 heavy (non-hydrogen) atoms. The van der Waals surface area contributed by atoms with Gasteiger partial charge in [-0.15, -0.1) is 11.3 Å².